The van der Waals surface area contributed by atoms with Crippen LogP contribution >= 0.6 is 0 Å². The molecule has 3 aliphatic rings. The zero-order chi connectivity index (χ0) is 51.4. The third-order valence-corrected chi connectivity index (χ3v) is 18.2. The van der Waals surface area contributed by atoms with Gasteiger partial charge in [-0.05, 0) is 148 Å². The predicted octanol–water partition coefficient (Wildman–Crippen LogP) is 20.0. The Labute approximate surface area is 453 Å². The van der Waals surface area contributed by atoms with E-state index in [9.17, 15) is 0 Å². The third kappa shape index (κ3) is 5.71. The summed E-state index contributed by atoms with van der Waals surface area (Å²) < 4.78 is 2.54. The number of rotatable bonds is 5. The summed E-state index contributed by atoms with van der Waals surface area (Å²) in [4.78, 5) is 2.50. The van der Waals surface area contributed by atoms with Crippen LogP contribution in [0.3, 0.4) is 0 Å². The Morgan fingerprint density at radius 2 is 0.821 bits per heavy atom. The Morgan fingerprint density at radius 3 is 1.58 bits per heavy atom. The van der Waals surface area contributed by atoms with Crippen LogP contribution in [0, 0.1) is 0 Å². The molecule has 0 saturated heterocycles. The van der Waals surface area contributed by atoms with Crippen LogP contribution in [0.2, 0.25) is 0 Å². The van der Waals surface area contributed by atoms with Gasteiger partial charge in [-0.25, -0.2) is 0 Å². The molecule has 0 radical (unpaired) electrons. The lowest BCUT2D eigenvalue weighted by Crippen LogP contribution is -2.25. The van der Waals surface area contributed by atoms with Crippen LogP contribution in [-0.4, -0.2) is 4.57 Å². The minimum absolute atomic E-state index is 0.149. The molecule has 1 heterocycles. The van der Waals surface area contributed by atoms with Crippen LogP contribution in [-0.2, 0) is 10.8 Å². The van der Waals surface area contributed by atoms with E-state index in [1.807, 2.05) is 0 Å². The van der Waals surface area contributed by atoms with Gasteiger partial charge in [0, 0.05) is 38.3 Å². The SMILES string of the molecule is CC1(C)c2ccccc2-c2ccc(N(c3ccc4c5ccccc5n(-c5cc6cccc(-c7ccc8c(c7)-c7ccccc7C87c8ccccc8-c8ccccc87)c6c6ccccc56)c4c3)c3cccc4ccccc34)cc21. The second kappa shape index (κ2) is 15.9. The van der Waals surface area contributed by atoms with E-state index in [-0.39, 0.29) is 10.8 Å². The van der Waals surface area contributed by atoms with E-state index in [1.165, 1.54) is 126 Å². The van der Waals surface area contributed by atoms with Gasteiger partial charge in [-0.1, -0.05) is 232 Å². The van der Waals surface area contributed by atoms with Crippen LogP contribution in [0.1, 0.15) is 47.2 Å². The highest BCUT2D eigenvalue weighted by atomic mass is 15.1. The van der Waals surface area contributed by atoms with E-state index in [1.54, 1.807) is 0 Å². The predicted molar refractivity (Wildman–Crippen MR) is 327 cm³/mol. The Morgan fingerprint density at radius 1 is 0.308 bits per heavy atom. The molecule has 0 aliphatic heterocycles. The lowest BCUT2D eigenvalue weighted by molar-refractivity contribution is 0.660. The molecule has 0 N–H and O–H groups in total. The van der Waals surface area contributed by atoms with Crippen LogP contribution < -0.4 is 4.90 Å². The number of aromatic nitrogens is 1. The number of fused-ring (bicyclic) bond motifs is 20. The molecular formula is C76H50N2. The lowest BCUT2D eigenvalue weighted by Gasteiger charge is -2.30. The van der Waals surface area contributed by atoms with Gasteiger partial charge in [0.1, 0.15) is 0 Å². The van der Waals surface area contributed by atoms with Gasteiger partial charge in [0.05, 0.1) is 27.8 Å². The van der Waals surface area contributed by atoms with Crippen molar-refractivity contribution in [2.75, 3.05) is 4.90 Å². The number of anilines is 3. The second-order valence-corrected chi connectivity index (χ2v) is 22.3. The molecule has 0 saturated carbocycles. The first kappa shape index (κ1) is 43.5. The van der Waals surface area contributed by atoms with Gasteiger partial charge < -0.3 is 9.47 Å². The molecule has 1 aromatic heterocycles. The van der Waals surface area contributed by atoms with Crippen LogP contribution in [0.5, 0.6) is 0 Å². The molecule has 0 fully saturated rings. The van der Waals surface area contributed by atoms with Crippen molar-refractivity contribution >= 4 is 71.2 Å². The summed E-state index contributed by atoms with van der Waals surface area (Å²) in [5.74, 6) is 0. The highest BCUT2D eigenvalue weighted by Gasteiger charge is 2.51. The first-order valence-corrected chi connectivity index (χ1v) is 27.4. The summed E-state index contributed by atoms with van der Waals surface area (Å²) in [7, 11) is 0. The van der Waals surface area contributed by atoms with Gasteiger partial charge in [-0.15, -0.1) is 0 Å². The van der Waals surface area contributed by atoms with Gasteiger partial charge in [0.25, 0.3) is 0 Å². The van der Waals surface area contributed by atoms with Crippen molar-refractivity contribution in [3.05, 3.63) is 300 Å². The number of hydrogen-bond acceptors (Lipinski definition) is 1. The molecule has 0 amide bonds. The van der Waals surface area contributed by atoms with Crippen molar-refractivity contribution in [3.8, 4) is 50.2 Å². The highest BCUT2D eigenvalue weighted by Crippen LogP contribution is 2.63. The number of hydrogen-bond donors (Lipinski definition) is 0. The standard InChI is InChI=1S/C76H50N2/c1-75(2)64-31-12-7-23-54(64)58-40-38-50(45-69(58)75)77(70-36-18-20-47-19-3-4-22-52(47)70)51-39-41-61-59-27-11-16-35-71(59)78(73(61)46-51)72-44-49-21-17-30-53(74(49)62-29-6-5-28-60(62)72)48-37-42-68-63(43-48)57-26-10-15-34-67(57)76(68)65-32-13-8-24-55(65)56-25-9-14-33-66(56)76/h3-46H,1-2H3. The van der Waals surface area contributed by atoms with E-state index in [2.05, 4.69) is 290 Å². The molecule has 3 aliphatic carbocycles. The molecule has 0 atom stereocenters. The third-order valence-electron chi connectivity index (χ3n) is 18.2. The normalized spacial score (nSPS) is 14.0. The summed E-state index contributed by atoms with van der Waals surface area (Å²) in [6.45, 7) is 4.75. The maximum atomic E-state index is 2.54. The van der Waals surface area contributed by atoms with Gasteiger partial charge in [0.2, 0.25) is 0 Å². The van der Waals surface area contributed by atoms with E-state index >= 15 is 0 Å². The molecule has 0 unspecified atom stereocenters. The highest BCUT2D eigenvalue weighted by molar-refractivity contribution is 6.19. The summed E-state index contributed by atoms with van der Waals surface area (Å²) in [5, 5.41) is 9.79. The quantitative estimate of drug-likeness (QED) is 0.156. The van der Waals surface area contributed by atoms with E-state index in [0.717, 1.165) is 28.3 Å². The lowest BCUT2D eigenvalue weighted by atomic mass is 9.70. The van der Waals surface area contributed by atoms with Crippen LogP contribution in [0.4, 0.5) is 17.1 Å². The van der Waals surface area contributed by atoms with Gasteiger partial charge in [0.15, 0.2) is 0 Å². The zero-order valence-corrected chi connectivity index (χ0v) is 43.3. The van der Waals surface area contributed by atoms with E-state index in [4.69, 9.17) is 0 Å². The maximum absolute atomic E-state index is 2.54. The molecule has 364 valence electrons. The van der Waals surface area contributed by atoms with Crippen LogP contribution in [0.15, 0.2) is 267 Å². The van der Waals surface area contributed by atoms with Gasteiger partial charge in [-0.2, -0.15) is 0 Å². The van der Waals surface area contributed by atoms with E-state index < -0.39 is 0 Å². The number of benzene rings is 13. The summed E-state index contributed by atoms with van der Waals surface area (Å²) in [6.07, 6.45) is 0. The fourth-order valence-electron chi connectivity index (χ4n) is 14.9. The second-order valence-electron chi connectivity index (χ2n) is 22.3. The molecule has 78 heavy (non-hydrogen) atoms. The van der Waals surface area contributed by atoms with Crippen molar-refractivity contribution < 1.29 is 0 Å². The minimum Gasteiger partial charge on any atom is -0.310 e. The molecule has 14 aromatic rings. The zero-order valence-electron chi connectivity index (χ0n) is 43.3. The first-order chi connectivity index (χ1) is 38.5. The Bertz CT molecular complexity index is 4860. The number of para-hydroxylation sites is 1. The van der Waals surface area contributed by atoms with Crippen molar-refractivity contribution in [2.24, 2.45) is 0 Å². The molecule has 2 nitrogen and oxygen atoms in total. The van der Waals surface area contributed by atoms with Crippen LogP contribution in [0.25, 0.3) is 104 Å². The van der Waals surface area contributed by atoms with Crippen molar-refractivity contribution in [2.45, 2.75) is 24.7 Å². The average molecular weight is 991 g/mol. The molecule has 0 bridgehead atoms. The summed E-state index contributed by atoms with van der Waals surface area (Å²) in [6, 6.07) is 101. The fourth-order valence-corrected chi connectivity index (χ4v) is 14.9. The molecule has 1 spiro atoms. The Hall–Kier alpha value is -9.76. The maximum Gasteiger partial charge on any atom is 0.0725 e. The fraction of sp³-hybridized carbons (Fsp3) is 0.0526. The first-order valence-electron chi connectivity index (χ1n) is 27.4. The summed E-state index contributed by atoms with van der Waals surface area (Å²) in [5.41, 5.74) is 24.9. The molecule has 2 heteroatoms. The molecular weight excluding hydrogens is 941 g/mol. The Kier molecular flexibility index (Phi) is 8.86. The topological polar surface area (TPSA) is 8.17 Å². The largest absolute Gasteiger partial charge is 0.310 e. The molecule has 17 rings (SSSR count). The average Bonchev–Trinajstić information content (AvgIpc) is 4.21. The van der Waals surface area contributed by atoms with Crippen molar-refractivity contribution in [3.63, 3.8) is 0 Å². The Balaban J connectivity index is 0.871. The molecule has 13 aromatic carbocycles. The van der Waals surface area contributed by atoms with Gasteiger partial charge >= 0.3 is 0 Å². The monoisotopic (exact) mass is 990 g/mol. The van der Waals surface area contributed by atoms with Gasteiger partial charge in [-0.3, -0.25) is 0 Å². The van der Waals surface area contributed by atoms with E-state index in [0.29, 0.717) is 0 Å². The minimum atomic E-state index is -0.378. The van der Waals surface area contributed by atoms with Crippen molar-refractivity contribution in [1.29, 1.82) is 0 Å². The summed E-state index contributed by atoms with van der Waals surface area (Å²) >= 11 is 0. The number of nitrogens with zero attached hydrogens (tertiary/aromatic N) is 2. The smallest absolute Gasteiger partial charge is 0.0725 e. The van der Waals surface area contributed by atoms with Crippen molar-refractivity contribution in [1.82, 2.24) is 4.57 Å².